The molecule has 1 aliphatic rings. The average molecular weight is 310 g/mol. The molecule has 5 nitrogen and oxygen atoms in total. The number of ether oxygens (including phenoxy) is 1. The average Bonchev–Trinajstić information content (AvgIpc) is 2.49. The molecular weight excluding hydrogens is 287 g/mol. The summed E-state index contributed by atoms with van der Waals surface area (Å²) >= 11 is 0. The molecule has 0 heterocycles. The van der Waals surface area contributed by atoms with Gasteiger partial charge in [0.25, 0.3) is 0 Å². The van der Waals surface area contributed by atoms with Crippen LogP contribution in [0, 0.1) is 5.82 Å². The van der Waals surface area contributed by atoms with E-state index < -0.39 is 5.82 Å². The van der Waals surface area contributed by atoms with E-state index in [-0.39, 0.29) is 30.0 Å². The van der Waals surface area contributed by atoms with Gasteiger partial charge in [0.1, 0.15) is 0 Å². The maximum atomic E-state index is 13.7. The summed E-state index contributed by atoms with van der Waals surface area (Å²) in [6.45, 7) is 1.80. The lowest BCUT2D eigenvalue weighted by molar-refractivity contribution is 0.117. The minimum absolute atomic E-state index is 0.0863. The maximum Gasteiger partial charge on any atom is 0.315 e. The minimum Gasteiger partial charge on any atom is -0.494 e. The zero-order valence-corrected chi connectivity index (χ0v) is 12.9. The van der Waals surface area contributed by atoms with Crippen LogP contribution in [0.3, 0.4) is 0 Å². The highest BCUT2D eigenvalue weighted by Gasteiger charge is 2.21. The Kier molecular flexibility index (Phi) is 5.60. The first-order chi connectivity index (χ1) is 10.5. The number of hydrogen-bond acceptors (Lipinski definition) is 3. The largest absolute Gasteiger partial charge is 0.494 e. The Balaban J connectivity index is 1.87. The van der Waals surface area contributed by atoms with Crippen molar-refractivity contribution in [2.24, 2.45) is 0 Å². The molecule has 0 aliphatic heterocycles. The van der Waals surface area contributed by atoms with Crippen LogP contribution in [0.4, 0.5) is 9.18 Å². The lowest BCUT2D eigenvalue weighted by Gasteiger charge is -2.27. The van der Waals surface area contributed by atoms with Crippen LogP contribution < -0.4 is 15.4 Å². The Hall–Kier alpha value is -1.82. The van der Waals surface area contributed by atoms with Crippen molar-refractivity contribution >= 4 is 6.03 Å². The molecule has 6 heteroatoms. The van der Waals surface area contributed by atoms with Crippen molar-refractivity contribution in [2.45, 2.75) is 50.8 Å². The predicted molar refractivity (Wildman–Crippen MR) is 81.3 cm³/mol. The summed E-state index contributed by atoms with van der Waals surface area (Å²) in [7, 11) is 1.41. The van der Waals surface area contributed by atoms with Crippen LogP contribution in [0.2, 0.25) is 0 Å². The van der Waals surface area contributed by atoms with Crippen LogP contribution >= 0.6 is 0 Å². The van der Waals surface area contributed by atoms with E-state index in [2.05, 4.69) is 10.6 Å². The molecule has 1 atom stereocenters. The molecule has 22 heavy (non-hydrogen) atoms. The Labute approximate surface area is 129 Å². The quantitative estimate of drug-likeness (QED) is 0.800. The van der Waals surface area contributed by atoms with Crippen LogP contribution in [-0.4, -0.2) is 30.4 Å². The molecule has 0 saturated heterocycles. The summed E-state index contributed by atoms with van der Waals surface area (Å²) < 4.78 is 18.6. The number of carbonyl (C=O) groups excluding carboxylic acids is 1. The highest BCUT2D eigenvalue weighted by Crippen LogP contribution is 2.22. The van der Waals surface area contributed by atoms with Crippen molar-refractivity contribution in [2.75, 3.05) is 7.11 Å². The number of urea groups is 1. The van der Waals surface area contributed by atoms with Gasteiger partial charge < -0.3 is 20.5 Å². The molecule has 1 aromatic carbocycles. The van der Waals surface area contributed by atoms with Crippen LogP contribution in [-0.2, 0) is 0 Å². The van der Waals surface area contributed by atoms with E-state index >= 15 is 0 Å². The van der Waals surface area contributed by atoms with Crippen molar-refractivity contribution in [1.82, 2.24) is 10.6 Å². The second-order valence-corrected chi connectivity index (χ2v) is 5.74. The summed E-state index contributed by atoms with van der Waals surface area (Å²) in [5.74, 6) is -0.267. The number of amides is 2. The van der Waals surface area contributed by atoms with Crippen molar-refractivity contribution < 1.29 is 19.0 Å². The van der Waals surface area contributed by atoms with Crippen molar-refractivity contribution in [1.29, 1.82) is 0 Å². The Morgan fingerprint density at radius 3 is 2.64 bits per heavy atom. The molecular formula is C16H23FN2O3. The highest BCUT2D eigenvalue weighted by molar-refractivity contribution is 5.74. The summed E-state index contributed by atoms with van der Waals surface area (Å²) in [4.78, 5) is 12.0. The third-order valence-corrected chi connectivity index (χ3v) is 4.06. The molecule has 1 aliphatic carbocycles. The molecule has 0 bridgehead atoms. The van der Waals surface area contributed by atoms with E-state index in [1.54, 1.807) is 19.1 Å². The van der Waals surface area contributed by atoms with Gasteiger partial charge in [-0.25, -0.2) is 9.18 Å². The van der Waals surface area contributed by atoms with Gasteiger partial charge in [0.05, 0.1) is 19.3 Å². The van der Waals surface area contributed by atoms with Gasteiger partial charge in [0.2, 0.25) is 0 Å². The monoisotopic (exact) mass is 310 g/mol. The van der Waals surface area contributed by atoms with Gasteiger partial charge in [0.15, 0.2) is 11.6 Å². The molecule has 1 saturated carbocycles. The van der Waals surface area contributed by atoms with E-state index in [0.717, 1.165) is 12.8 Å². The number of halogens is 1. The molecule has 3 N–H and O–H groups in total. The Morgan fingerprint density at radius 1 is 1.36 bits per heavy atom. The predicted octanol–water partition coefficient (Wildman–Crippen LogP) is 2.50. The van der Waals surface area contributed by atoms with Gasteiger partial charge in [-0.2, -0.15) is 0 Å². The zero-order valence-electron chi connectivity index (χ0n) is 12.9. The normalized spacial score (nSPS) is 22.7. The third kappa shape index (κ3) is 4.34. The Morgan fingerprint density at radius 2 is 2.05 bits per heavy atom. The van der Waals surface area contributed by atoms with Gasteiger partial charge >= 0.3 is 6.03 Å². The van der Waals surface area contributed by atoms with Gasteiger partial charge in [-0.15, -0.1) is 0 Å². The number of aliphatic hydroxyl groups excluding tert-OH is 1. The number of nitrogens with one attached hydrogen (secondary N) is 2. The van der Waals surface area contributed by atoms with Crippen LogP contribution in [0.25, 0.3) is 0 Å². The van der Waals surface area contributed by atoms with Crippen LogP contribution in [0.5, 0.6) is 5.75 Å². The first-order valence-corrected chi connectivity index (χ1v) is 7.58. The van der Waals surface area contributed by atoms with Crippen molar-refractivity contribution in [3.05, 3.63) is 29.6 Å². The molecule has 1 unspecified atom stereocenters. The molecule has 0 aromatic heterocycles. The maximum absolute atomic E-state index is 13.7. The molecule has 2 rings (SSSR count). The van der Waals surface area contributed by atoms with Gasteiger partial charge in [0, 0.05) is 6.04 Å². The summed E-state index contributed by atoms with van der Waals surface area (Å²) in [6.07, 6.45) is 2.73. The van der Waals surface area contributed by atoms with Gasteiger partial charge in [-0.05, 0) is 50.3 Å². The van der Waals surface area contributed by atoms with Crippen LogP contribution in [0.1, 0.15) is 44.2 Å². The first kappa shape index (κ1) is 16.5. The fourth-order valence-electron chi connectivity index (χ4n) is 2.68. The molecule has 1 aromatic rings. The van der Waals surface area contributed by atoms with E-state index in [1.807, 2.05) is 0 Å². The number of rotatable bonds is 4. The summed E-state index contributed by atoms with van der Waals surface area (Å²) in [5.41, 5.74) is 0.674. The topological polar surface area (TPSA) is 70.6 Å². The van der Waals surface area contributed by atoms with E-state index in [0.29, 0.717) is 18.4 Å². The molecule has 1 fully saturated rings. The second kappa shape index (κ2) is 7.45. The van der Waals surface area contributed by atoms with Crippen molar-refractivity contribution in [3.8, 4) is 5.75 Å². The second-order valence-electron chi connectivity index (χ2n) is 5.74. The van der Waals surface area contributed by atoms with E-state index in [4.69, 9.17) is 4.74 Å². The van der Waals surface area contributed by atoms with Crippen molar-refractivity contribution in [3.63, 3.8) is 0 Å². The summed E-state index contributed by atoms with van der Waals surface area (Å²) in [5, 5.41) is 15.1. The lowest BCUT2D eigenvalue weighted by Crippen LogP contribution is -2.44. The van der Waals surface area contributed by atoms with Gasteiger partial charge in [-0.3, -0.25) is 0 Å². The summed E-state index contributed by atoms with van der Waals surface area (Å²) in [6, 6.07) is 4.14. The lowest BCUT2D eigenvalue weighted by atomic mass is 9.93. The number of methoxy groups -OCH3 is 1. The fraction of sp³-hybridized carbons (Fsp3) is 0.562. The zero-order chi connectivity index (χ0) is 16.1. The molecule has 0 spiro atoms. The van der Waals surface area contributed by atoms with Gasteiger partial charge in [-0.1, -0.05) is 6.07 Å². The fourth-order valence-corrected chi connectivity index (χ4v) is 2.68. The van der Waals surface area contributed by atoms with Crippen LogP contribution in [0.15, 0.2) is 18.2 Å². The molecule has 122 valence electrons. The number of hydrogen-bond donors (Lipinski definition) is 3. The van der Waals surface area contributed by atoms with E-state index in [9.17, 15) is 14.3 Å². The Bertz CT molecular complexity index is 516. The minimum atomic E-state index is -0.449. The number of aliphatic hydroxyl groups is 1. The molecule has 2 amide bonds. The SMILES string of the molecule is COc1ccc(C(C)NC(=O)NC2CCC(O)CC2)cc1F. The smallest absolute Gasteiger partial charge is 0.315 e. The molecule has 0 radical (unpaired) electrons. The third-order valence-electron chi connectivity index (χ3n) is 4.06. The standard InChI is InChI=1S/C16H23FN2O3/c1-10(11-3-8-15(22-2)14(17)9-11)18-16(21)19-12-4-6-13(20)7-5-12/h3,8-10,12-13,20H,4-7H2,1-2H3,(H2,18,19,21). The highest BCUT2D eigenvalue weighted by atomic mass is 19.1. The number of carbonyl (C=O) groups is 1. The van der Waals surface area contributed by atoms with E-state index in [1.165, 1.54) is 13.2 Å². The number of benzene rings is 1. The first-order valence-electron chi connectivity index (χ1n) is 7.58.